The number of nitrogens with one attached hydrogen (secondary N) is 1. The molecule has 1 aliphatic heterocycles. The van der Waals surface area contributed by atoms with E-state index < -0.39 is 17.4 Å². The van der Waals surface area contributed by atoms with Gasteiger partial charge in [0.1, 0.15) is 0 Å². The number of thioether (sulfide) groups is 1. The topological polar surface area (TPSA) is 92.8 Å². The van der Waals surface area contributed by atoms with Crippen LogP contribution in [-0.4, -0.2) is 59.8 Å². The normalized spacial score (nSPS) is 19.9. The summed E-state index contributed by atoms with van der Waals surface area (Å²) < 4.78 is 4.46. The fourth-order valence-electron chi connectivity index (χ4n) is 1.73. The van der Waals surface area contributed by atoms with Gasteiger partial charge in [0.05, 0.1) is 18.4 Å². The number of ether oxygens (including phenoxy) is 1. The Morgan fingerprint density at radius 3 is 2.60 bits per heavy atom. The van der Waals surface area contributed by atoms with Crippen LogP contribution in [0.1, 0.15) is 19.8 Å². The molecular formula is C12H18N2O5S. The van der Waals surface area contributed by atoms with E-state index in [9.17, 15) is 19.2 Å². The van der Waals surface area contributed by atoms with E-state index in [1.165, 1.54) is 25.9 Å². The molecule has 0 spiro atoms. The molecule has 1 saturated heterocycles. The molecule has 0 aromatic carbocycles. The summed E-state index contributed by atoms with van der Waals surface area (Å²) in [6, 6.07) is -0.716. The zero-order valence-corrected chi connectivity index (χ0v) is 12.5. The third-order valence-electron chi connectivity index (χ3n) is 3.02. The third-order valence-corrected chi connectivity index (χ3v) is 4.32. The number of Topliss-reactive ketones (excluding diaryl/α,β-unsaturated/α-hetero) is 1. The van der Waals surface area contributed by atoms with Gasteiger partial charge < -0.3 is 10.1 Å². The largest absolute Gasteiger partial charge is 0.453 e. The molecule has 0 saturated carbocycles. The Hall–Kier alpha value is -1.57. The van der Waals surface area contributed by atoms with Crippen LogP contribution in [0.15, 0.2) is 0 Å². The number of amides is 3. The maximum absolute atomic E-state index is 11.7. The molecule has 0 aromatic rings. The number of rotatable bonds is 6. The monoisotopic (exact) mass is 302 g/mol. The second-order valence-electron chi connectivity index (χ2n) is 4.33. The predicted octanol–water partition coefficient (Wildman–Crippen LogP) is 0.181. The SMILES string of the molecule is CCC(=O)C(CSC1CC(=O)N(C)C1=O)NC(=O)OC. The first kappa shape index (κ1) is 16.5. The summed E-state index contributed by atoms with van der Waals surface area (Å²) >= 11 is 1.20. The summed E-state index contributed by atoms with van der Waals surface area (Å²) in [5.41, 5.74) is 0. The number of hydrogen-bond donors (Lipinski definition) is 1. The molecule has 0 radical (unpaired) electrons. The second-order valence-corrected chi connectivity index (χ2v) is 5.56. The van der Waals surface area contributed by atoms with Gasteiger partial charge in [-0.1, -0.05) is 6.92 Å². The number of alkyl carbamates (subject to hydrolysis) is 1. The minimum Gasteiger partial charge on any atom is -0.453 e. The van der Waals surface area contributed by atoms with E-state index in [1.807, 2.05) is 0 Å². The van der Waals surface area contributed by atoms with Crippen LogP contribution in [-0.2, 0) is 19.1 Å². The molecule has 112 valence electrons. The van der Waals surface area contributed by atoms with Crippen molar-refractivity contribution in [2.24, 2.45) is 0 Å². The Morgan fingerprint density at radius 2 is 2.15 bits per heavy atom. The highest BCUT2D eigenvalue weighted by Gasteiger charge is 2.37. The number of methoxy groups -OCH3 is 1. The molecule has 0 bridgehead atoms. The van der Waals surface area contributed by atoms with Crippen molar-refractivity contribution in [1.29, 1.82) is 0 Å². The summed E-state index contributed by atoms with van der Waals surface area (Å²) in [4.78, 5) is 47.1. The molecule has 0 aliphatic carbocycles. The van der Waals surface area contributed by atoms with Crippen LogP contribution in [0.3, 0.4) is 0 Å². The van der Waals surface area contributed by atoms with Gasteiger partial charge in [-0.25, -0.2) is 4.79 Å². The fraction of sp³-hybridized carbons (Fsp3) is 0.667. The maximum Gasteiger partial charge on any atom is 0.407 e. The molecule has 1 aliphatic rings. The predicted molar refractivity (Wildman–Crippen MR) is 73.3 cm³/mol. The van der Waals surface area contributed by atoms with Gasteiger partial charge in [0.2, 0.25) is 11.8 Å². The van der Waals surface area contributed by atoms with Gasteiger partial charge >= 0.3 is 6.09 Å². The van der Waals surface area contributed by atoms with E-state index in [0.717, 1.165) is 4.90 Å². The van der Waals surface area contributed by atoms with Crippen LogP contribution < -0.4 is 5.32 Å². The van der Waals surface area contributed by atoms with Crippen molar-refractivity contribution < 1.29 is 23.9 Å². The fourth-order valence-corrected chi connectivity index (χ4v) is 2.98. The number of imide groups is 1. The van der Waals surface area contributed by atoms with Gasteiger partial charge in [0.25, 0.3) is 0 Å². The average molecular weight is 302 g/mol. The Kier molecular flexibility index (Phi) is 6.00. The van der Waals surface area contributed by atoms with E-state index in [4.69, 9.17) is 0 Å². The first-order chi connectivity index (χ1) is 9.40. The molecule has 1 N–H and O–H groups in total. The zero-order valence-electron chi connectivity index (χ0n) is 11.7. The lowest BCUT2D eigenvalue weighted by Gasteiger charge is -2.17. The molecule has 8 heteroatoms. The lowest BCUT2D eigenvalue weighted by Crippen LogP contribution is -2.43. The molecule has 1 heterocycles. The van der Waals surface area contributed by atoms with E-state index >= 15 is 0 Å². The van der Waals surface area contributed by atoms with Crippen molar-refractivity contribution in [3.8, 4) is 0 Å². The second kappa shape index (κ2) is 7.28. The summed E-state index contributed by atoms with van der Waals surface area (Å²) in [7, 11) is 2.65. The number of nitrogens with zero attached hydrogens (tertiary/aromatic N) is 1. The van der Waals surface area contributed by atoms with E-state index in [0.29, 0.717) is 0 Å². The van der Waals surface area contributed by atoms with E-state index in [2.05, 4.69) is 10.1 Å². The van der Waals surface area contributed by atoms with Crippen molar-refractivity contribution >= 4 is 35.5 Å². The standard InChI is InChI=1S/C12H18N2O5S/c1-4-8(15)7(13-12(18)19-3)6-20-9-5-10(16)14(2)11(9)17/h7,9H,4-6H2,1-3H3,(H,13,18). The highest BCUT2D eigenvalue weighted by atomic mass is 32.2. The molecule has 20 heavy (non-hydrogen) atoms. The van der Waals surface area contributed by atoms with E-state index in [-0.39, 0.29) is 36.2 Å². The Morgan fingerprint density at radius 1 is 1.50 bits per heavy atom. The molecule has 3 amide bonds. The summed E-state index contributed by atoms with van der Waals surface area (Å²) in [6.45, 7) is 1.69. The van der Waals surface area contributed by atoms with Crippen molar-refractivity contribution in [1.82, 2.24) is 10.2 Å². The minimum atomic E-state index is -0.716. The average Bonchev–Trinajstić information content (AvgIpc) is 2.69. The molecule has 2 unspecified atom stereocenters. The summed E-state index contributed by atoms with van der Waals surface area (Å²) in [6.07, 6.45) is -0.291. The van der Waals surface area contributed by atoms with Gasteiger partial charge in [0.15, 0.2) is 5.78 Å². The third kappa shape index (κ3) is 3.96. The maximum atomic E-state index is 11.7. The Labute approximate surface area is 121 Å². The number of hydrogen-bond acceptors (Lipinski definition) is 6. The van der Waals surface area contributed by atoms with Crippen LogP contribution in [0.2, 0.25) is 0 Å². The Balaban J connectivity index is 2.58. The molecule has 7 nitrogen and oxygen atoms in total. The van der Waals surface area contributed by atoms with Gasteiger partial charge in [-0.2, -0.15) is 0 Å². The van der Waals surface area contributed by atoms with Crippen LogP contribution >= 0.6 is 11.8 Å². The van der Waals surface area contributed by atoms with Crippen LogP contribution in [0.5, 0.6) is 0 Å². The smallest absolute Gasteiger partial charge is 0.407 e. The van der Waals surface area contributed by atoms with Crippen molar-refractivity contribution in [2.75, 3.05) is 19.9 Å². The number of likely N-dealkylation sites (tertiary alicyclic amines) is 1. The molecular weight excluding hydrogens is 284 g/mol. The highest BCUT2D eigenvalue weighted by Crippen LogP contribution is 2.24. The van der Waals surface area contributed by atoms with Crippen molar-refractivity contribution in [2.45, 2.75) is 31.1 Å². The van der Waals surface area contributed by atoms with Gasteiger partial charge in [-0.3, -0.25) is 19.3 Å². The highest BCUT2D eigenvalue weighted by molar-refractivity contribution is 8.00. The quantitative estimate of drug-likeness (QED) is 0.704. The number of ketones is 1. The lowest BCUT2D eigenvalue weighted by atomic mass is 10.2. The van der Waals surface area contributed by atoms with Crippen molar-refractivity contribution in [3.05, 3.63) is 0 Å². The first-order valence-electron chi connectivity index (χ1n) is 6.19. The summed E-state index contributed by atoms with van der Waals surface area (Å²) in [5, 5.41) is 1.95. The number of carbonyl (C=O) groups is 4. The van der Waals surface area contributed by atoms with Crippen LogP contribution in [0.25, 0.3) is 0 Å². The number of carbonyl (C=O) groups excluding carboxylic acids is 4. The zero-order chi connectivity index (χ0) is 15.3. The molecule has 2 atom stereocenters. The van der Waals surface area contributed by atoms with Gasteiger partial charge in [0, 0.05) is 25.6 Å². The Bertz CT molecular complexity index is 426. The summed E-state index contributed by atoms with van der Waals surface area (Å²) in [5.74, 6) is -0.403. The molecule has 1 rings (SSSR count). The molecule has 1 fully saturated rings. The van der Waals surface area contributed by atoms with Gasteiger partial charge in [-0.05, 0) is 0 Å². The first-order valence-corrected chi connectivity index (χ1v) is 7.24. The van der Waals surface area contributed by atoms with Crippen LogP contribution in [0.4, 0.5) is 4.79 Å². The van der Waals surface area contributed by atoms with Crippen LogP contribution in [0, 0.1) is 0 Å². The molecule has 0 aromatic heterocycles. The van der Waals surface area contributed by atoms with E-state index in [1.54, 1.807) is 6.92 Å². The van der Waals surface area contributed by atoms with Crippen molar-refractivity contribution in [3.63, 3.8) is 0 Å². The van der Waals surface area contributed by atoms with Gasteiger partial charge in [-0.15, -0.1) is 11.8 Å². The lowest BCUT2D eigenvalue weighted by molar-refractivity contribution is -0.136. The minimum absolute atomic E-state index is 0.130.